The average Bonchev–Trinajstić information content (AvgIpc) is 3.30. The summed E-state index contributed by atoms with van der Waals surface area (Å²) < 4.78 is 41.8. The minimum atomic E-state index is -4.55. The largest absolute Gasteiger partial charge is 0.416 e. The molecule has 0 saturated carbocycles. The first-order chi connectivity index (χ1) is 18.5. The first kappa shape index (κ1) is 27.9. The second-order valence-electron chi connectivity index (χ2n) is 8.99. The van der Waals surface area contributed by atoms with Gasteiger partial charge in [-0.3, -0.25) is 14.2 Å². The number of alkyl halides is 3. The number of halogens is 3. The van der Waals surface area contributed by atoms with Crippen molar-refractivity contribution in [3.05, 3.63) is 100 Å². The van der Waals surface area contributed by atoms with Crippen molar-refractivity contribution in [1.82, 2.24) is 20.1 Å². The van der Waals surface area contributed by atoms with E-state index in [9.17, 15) is 22.8 Å². The Morgan fingerprint density at radius 2 is 1.67 bits per heavy atom. The summed E-state index contributed by atoms with van der Waals surface area (Å²) in [6, 6.07) is 17.4. The summed E-state index contributed by atoms with van der Waals surface area (Å²) in [5.74, 6) is -0.506. The third-order valence-electron chi connectivity index (χ3n) is 5.82. The van der Waals surface area contributed by atoms with Crippen LogP contribution in [-0.4, -0.2) is 32.3 Å². The Kier molecular flexibility index (Phi) is 8.39. The lowest BCUT2D eigenvalue weighted by Crippen LogP contribution is -2.24. The molecule has 0 unspecified atom stereocenters. The van der Waals surface area contributed by atoms with Crippen LogP contribution in [-0.2, 0) is 17.5 Å². The molecule has 0 aliphatic heterocycles. The number of carbonyl (C=O) groups excluding carboxylic acids is 2. The van der Waals surface area contributed by atoms with E-state index in [0.29, 0.717) is 11.3 Å². The predicted molar refractivity (Wildman–Crippen MR) is 144 cm³/mol. The van der Waals surface area contributed by atoms with Crippen LogP contribution in [0.25, 0.3) is 5.69 Å². The summed E-state index contributed by atoms with van der Waals surface area (Å²) in [6.45, 7) is 5.57. The number of aryl methyl sites for hydroxylation is 3. The van der Waals surface area contributed by atoms with E-state index in [1.807, 2.05) is 45.0 Å². The fraction of sp³-hybridized carbons (Fsp3) is 0.214. The first-order valence-electron chi connectivity index (χ1n) is 12.0. The number of nitrogens with one attached hydrogen (secondary N) is 2. The number of thioether (sulfide) groups is 1. The Morgan fingerprint density at radius 3 is 2.41 bits per heavy atom. The topological polar surface area (TPSA) is 88.9 Å². The number of rotatable bonds is 8. The van der Waals surface area contributed by atoms with Crippen LogP contribution < -0.4 is 10.6 Å². The highest BCUT2D eigenvalue weighted by Gasteiger charge is 2.31. The van der Waals surface area contributed by atoms with Crippen molar-refractivity contribution in [3.63, 3.8) is 0 Å². The van der Waals surface area contributed by atoms with E-state index in [1.165, 1.54) is 16.7 Å². The third-order valence-corrected chi connectivity index (χ3v) is 6.75. The standard InChI is InChI=1S/C28H26F3N5O2S/c1-17-6-4-7-20(12-17)26(38)32-15-24-34-35-27(36(24)22-9-5-8-21(14-22)28(29,30)31)39-16-25(37)33-23-13-18(2)10-11-19(23)3/h4-14H,15-16H2,1-3H3,(H,32,38)(H,33,37). The van der Waals surface area contributed by atoms with Crippen LogP contribution in [0.2, 0.25) is 0 Å². The van der Waals surface area contributed by atoms with Crippen LogP contribution in [0.4, 0.5) is 18.9 Å². The van der Waals surface area contributed by atoms with E-state index in [2.05, 4.69) is 20.8 Å². The number of hydrogen-bond donors (Lipinski definition) is 2. The Labute approximate surface area is 227 Å². The zero-order valence-electron chi connectivity index (χ0n) is 21.5. The lowest BCUT2D eigenvalue weighted by molar-refractivity contribution is -0.137. The molecule has 11 heteroatoms. The number of aromatic nitrogens is 3. The van der Waals surface area contributed by atoms with Crippen molar-refractivity contribution in [2.75, 3.05) is 11.1 Å². The average molecular weight is 554 g/mol. The van der Waals surface area contributed by atoms with E-state index in [0.717, 1.165) is 40.6 Å². The van der Waals surface area contributed by atoms with Crippen molar-refractivity contribution in [1.29, 1.82) is 0 Å². The van der Waals surface area contributed by atoms with Crippen LogP contribution in [0.5, 0.6) is 0 Å². The predicted octanol–water partition coefficient (Wildman–Crippen LogP) is 5.87. The molecule has 0 bridgehead atoms. The maximum Gasteiger partial charge on any atom is 0.416 e. The molecule has 2 amide bonds. The Hall–Kier alpha value is -4.12. The highest BCUT2D eigenvalue weighted by Crippen LogP contribution is 2.32. The number of carbonyl (C=O) groups is 2. The zero-order valence-corrected chi connectivity index (χ0v) is 22.3. The minimum absolute atomic E-state index is 0.0554. The molecule has 2 N–H and O–H groups in total. The normalized spacial score (nSPS) is 11.3. The van der Waals surface area contributed by atoms with Crippen LogP contribution in [0.3, 0.4) is 0 Å². The summed E-state index contributed by atoms with van der Waals surface area (Å²) in [4.78, 5) is 25.4. The molecule has 1 aromatic heterocycles. The summed E-state index contributed by atoms with van der Waals surface area (Å²) in [5.41, 5.74) is 3.24. The van der Waals surface area contributed by atoms with Gasteiger partial charge in [-0.05, 0) is 68.3 Å². The van der Waals surface area contributed by atoms with Gasteiger partial charge in [0.05, 0.1) is 23.5 Å². The second kappa shape index (κ2) is 11.7. The third kappa shape index (κ3) is 7.05. The summed E-state index contributed by atoms with van der Waals surface area (Å²) in [5, 5.41) is 14.1. The molecule has 39 heavy (non-hydrogen) atoms. The van der Waals surface area contributed by atoms with Crippen LogP contribution >= 0.6 is 11.8 Å². The summed E-state index contributed by atoms with van der Waals surface area (Å²) in [7, 11) is 0. The van der Waals surface area contributed by atoms with Crippen molar-refractivity contribution in [2.45, 2.75) is 38.6 Å². The first-order valence-corrected chi connectivity index (χ1v) is 13.0. The van der Waals surface area contributed by atoms with Crippen molar-refractivity contribution >= 4 is 29.3 Å². The van der Waals surface area contributed by atoms with Crippen molar-refractivity contribution < 1.29 is 22.8 Å². The van der Waals surface area contributed by atoms with Gasteiger partial charge in [-0.15, -0.1) is 10.2 Å². The maximum absolute atomic E-state index is 13.5. The van der Waals surface area contributed by atoms with E-state index < -0.39 is 11.7 Å². The van der Waals surface area contributed by atoms with Gasteiger partial charge in [0.15, 0.2) is 11.0 Å². The van der Waals surface area contributed by atoms with Gasteiger partial charge >= 0.3 is 6.18 Å². The molecule has 1 heterocycles. The molecule has 0 aliphatic carbocycles. The molecule has 0 atom stereocenters. The summed E-state index contributed by atoms with van der Waals surface area (Å²) in [6.07, 6.45) is -4.55. The molecule has 7 nitrogen and oxygen atoms in total. The van der Waals surface area contributed by atoms with Gasteiger partial charge in [-0.1, -0.05) is 47.7 Å². The van der Waals surface area contributed by atoms with Crippen LogP contribution in [0, 0.1) is 20.8 Å². The van der Waals surface area contributed by atoms with Gasteiger partial charge in [0.2, 0.25) is 5.91 Å². The van der Waals surface area contributed by atoms with Gasteiger partial charge in [0.1, 0.15) is 0 Å². The van der Waals surface area contributed by atoms with Gasteiger partial charge in [-0.2, -0.15) is 13.2 Å². The zero-order chi connectivity index (χ0) is 28.2. The SMILES string of the molecule is Cc1cccc(C(=O)NCc2nnc(SCC(=O)Nc3cc(C)ccc3C)n2-c2cccc(C(F)(F)F)c2)c1. The number of amides is 2. The quantitative estimate of drug-likeness (QED) is 0.267. The molecule has 0 saturated heterocycles. The van der Waals surface area contributed by atoms with Gasteiger partial charge < -0.3 is 10.6 Å². The van der Waals surface area contributed by atoms with Crippen molar-refractivity contribution in [2.24, 2.45) is 0 Å². The van der Waals surface area contributed by atoms with Gasteiger partial charge in [-0.25, -0.2) is 0 Å². The monoisotopic (exact) mass is 553 g/mol. The molecule has 4 rings (SSSR count). The molecule has 4 aromatic rings. The summed E-state index contributed by atoms with van der Waals surface area (Å²) >= 11 is 1.03. The lowest BCUT2D eigenvalue weighted by atomic mass is 10.1. The molecule has 3 aromatic carbocycles. The Morgan fingerprint density at radius 1 is 0.923 bits per heavy atom. The Balaban J connectivity index is 1.58. The number of nitrogens with zero attached hydrogens (tertiary/aromatic N) is 3. The van der Waals surface area contributed by atoms with E-state index in [1.54, 1.807) is 18.2 Å². The van der Waals surface area contributed by atoms with Gasteiger partial charge in [0.25, 0.3) is 5.91 Å². The number of anilines is 1. The molecule has 0 fully saturated rings. The fourth-order valence-electron chi connectivity index (χ4n) is 3.82. The highest BCUT2D eigenvalue weighted by atomic mass is 32.2. The van der Waals surface area contributed by atoms with Crippen molar-refractivity contribution in [3.8, 4) is 5.69 Å². The molecular formula is C28H26F3N5O2S. The molecular weight excluding hydrogens is 527 g/mol. The highest BCUT2D eigenvalue weighted by molar-refractivity contribution is 7.99. The van der Waals surface area contributed by atoms with E-state index in [4.69, 9.17) is 0 Å². The van der Waals surface area contributed by atoms with E-state index in [-0.39, 0.29) is 40.8 Å². The molecule has 202 valence electrons. The molecule has 0 aliphatic rings. The van der Waals surface area contributed by atoms with Crippen LogP contribution in [0.1, 0.15) is 38.4 Å². The number of benzene rings is 3. The number of hydrogen-bond acceptors (Lipinski definition) is 5. The van der Waals surface area contributed by atoms with E-state index >= 15 is 0 Å². The lowest BCUT2D eigenvalue weighted by Gasteiger charge is -2.14. The fourth-order valence-corrected chi connectivity index (χ4v) is 4.59. The Bertz CT molecular complexity index is 1520. The molecule has 0 radical (unpaired) electrons. The molecule has 0 spiro atoms. The minimum Gasteiger partial charge on any atom is -0.345 e. The smallest absolute Gasteiger partial charge is 0.345 e. The van der Waals surface area contributed by atoms with Gasteiger partial charge in [0, 0.05) is 11.3 Å². The second-order valence-corrected chi connectivity index (χ2v) is 9.93. The van der Waals surface area contributed by atoms with Crippen LogP contribution in [0.15, 0.2) is 71.9 Å². The maximum atomic E-state index is 13.5.